The van der Waals surface area contributed by atoms with E-state index >= 15 is 0 Å². The molecule has 0 amide bonds. The molecule has 1 heterocycles. The normalized spacial score (nSPS) is 11.1. The van der Waals surface area contributed by atoms with Crippen molar-refractivity contribution in [2.24, 2.45) is 5.92 Å². The minimum atomic E-state index is 0.540. The SMILES string of the molecule is Cc1ccc(Cl)c(Nc2nccn2CC(C)C)c1Cl. The van der Waals surface area contributed by atoms with E-state index < -0.39 is 0 Å². The molecule has 0 aliphatic rings. The van der Waals surface area contributed by atoms with E-state index in [0.717, 1.165) is 18.1 Å². The Labute approximate surface area is 123 Å². The lowest BCUT2D eigenvalue weighted by Crippen LogP contribution is -2.08. The van der Waals surface area contributed by atoms with Crippen molar-refractivity contribution >= 4 is 34.8 Å². The zero-order valence-electron chi connectivity index (χ0n) is 11.2. The highest BCUT2D eigenvalue weighted by atomic mass is 35.5. The lowest BCUT2D eigenvalue weighted by Gasteiger charge is -2.14. The molecule has 1 N–H and O–H groups in total. The molecule has 2 rings (SSSR count). The van der Waals surface area contributed by atoms with Crippen LogP contribution in [-0.4, -0.2) is 9.55 Å². The van der Waals surface area contributed by atoms with Crippen molar-refractivity contribution < 1.29 is 0 Å². The lowest BCUT2D eigenvalue weighted by atomic mass is 10.2. The second-order valence-electron chi connectivity index (χ2n) is 4.98. The van der Waals surface area contributed by atoms with Crippen molar-refractivity contribution in [1.29, 1.82) is 0 Å². The van der Waals surface area contributed by atoms with Crippen molar-refractivity contribution in [3.63, 3.8) is 0 Å². The monoisotopic (exact) mass is 297 g/mol. The van der Waals surface area contributed by atoms with E-state index in [1.54, 1.807) is 6.20 Å². The van der Waals surface area contributed by atoms with Crippen LogP contribution < -0.4 is 5.32 Å². The zero-order valence-corrected chi connectivity index (χ0v) is 12.8. The van der Waals surface area contributed by atoms with Crippen LogP contribution in [-0.2, 0) is 6.54 Å². The molecule has 0 fully saturated rings. The number of anilines is 2. The number of aryl methyl sites for hydroxylation is 1. The van der Waals surface area contributed by atoms with Crippen molar-refractivity contribution in [1.82, 2.24) is 9.55 Å². The number of benzene rings is 1. The van der Waals surface area contributed by atoms with Gasteiger partial charge in [0.2, 0.25) is 5.95 Å². The van der Waals surface area contributed by atoms with Crippen LogP contribution in [0.5, 0.6) is 0 Å². The van der Waals surface area contributed by atoms with Crippen LogP contribution in [0.1, 0.15) is 19.4 Å². The van der Waals surface area contributed by atoms with Gasteiger partial charge in [0.05, 0.1) is 15.7 Å². The summed E-state index contributed by atoms with van der Waals surface area (Å²) in [4.78, 5) is 4.31. The molecule has 0 atom stereocenters. The highest BCUT2D eigenvalue weighted by molar-refractivity contribution is 6.39. The number of aromatic nitrogens is 2. The van der Waals surface area contributed by atoms with E-state index in [1.807, 2.05) is 25.3 Å². The number of imidazole rings is 1. The molecule has 0 saturated heterocycles. The molecule has 3 nitrogen and oxygen atoms in total. The lowest BCUT2D eigenvalue weighted by molar-refractivity contribution is 0.527. The fourth-order valence-electron chi connectivity index (χ4n) is 1.86. The van der Waals surface area contributed by atoms with Crippen molar-refractivity contribution in [2.45, 2.75) is 27.3 Å². The first kappa shape index (κ1) is 14.2. The van der Waals surface area contributed by atoms with Gasteiger partial charge in [0, 0.05) is 18.9 Å². The van der Waals surface area contributed by atoms with E-state index in [-0.39, 0.29) is 0 Å². The summed E-state index contributed by atoms with van der Waals surface area (Å²) in [6.07, 6.45) is 3.71. The Balaban J connectivity index is 2.32. The molecule has 0 spiro atoms. The first-order chi connectivity index (χ1) is 8.99. The summed E-state index contributed by atoms with van der Waals surface area (Å²) in [5, 5.41) is 4.45. The molecule has 1 aromatic carbocycles. The summed E-state index contributed by atoms with van der Waals surface area (Å²) in [6.45, 7) is 7.17. The summed E-state index contributed by atoms with van der Waals surface area (Å²) in [5.74, 6) is 1.29. The topological polar surface area (TPSA) is 29.9 Å². The van der Waals surface area contributed by atoms with Crippen molar-refractivity contribution in [2.75, 3.05) is 5.32 Å². The number of hydrogen-bond acceptors (Lipinski definition) is 2. The van der Waals surface area contributed by atoms with Gasteiger partial charge in [-0.15, -0.1) is 0 Å². The van der Waals surface area contributed by atoms with Gasteiger partial charge in [-0.25, -0.2) is 4.98 Å². The second kappa shape index (κ2) is 5.85. The molecule has 0 unspecified atom stereocenters. The Hall–Kier alpha value is -1.19. The zero-order chi connectivity index (χ0) is 14.0. The van der Waals surface area contributed by atoms with Gasteiger partial charge >= 0.3 is 0 Å². The summed E-state index contributed by atoms with van der Waals surface area (Å²) in [6, 6.07) is 3.73. The minimum absolute atomic E-state index is 0.540. The van der Waals surface area contributed by atoms with Crippen LogP contribution in [0, 0.1) is 12.8 Å². The van der Waals surface area contributed by atoms with Crippen LogP contribution in [0.25, 0.3) is 0 Å². The maximum Gasteiger partial charge on any atom is 0.207 e. The Bertz CT molecular complexity index is 576. The van der Waals surface area contributed by atoms with Crippen molar-refractivity contribution in [3.8, 4) is 0 Å². The summed E-state index contributed by atoms with van der Waals surface area (Å²) >= 11 is 12.5. The predicted octanol–water partition coefficient (Wildman–Crippen LogP) is 4.90. The molecule has 19 heavy (non-hydrogen) atoms. The quantitative estimate of drug-likeness (QED) is 0.870. The highest BCUT2D eigenvalue weighted by Gasteiger charge is 2.12. The molecule has 0 aliphatic heterocycles. The fourth-order valence-corrected chi connectivity index (χ4v) is 2.32. The average Bonchev–Trinajstić information content (AvgIpc) is 2.76. The van der Waals surface area contributed by atoms with Crippen LogP contribution in [0.15, 0.2) is 24.5 Å². The maximum absolute atomic E-state index is 6.29. The molecule has 5 heteroatoms. The predicted molar refractivity (Wildman–Crippen MR) is 81.5 cm³/mol. The standard InChI is InChI=1S/C14H17Cl2N3/c1-9(2)8-19-7-6-17-14(19)18-13-11(15)5-4-10(3)12(13)16/h4-7,9H,8H2,1-3H3,(H,17,18). The molecule has 0 bridgehead atoms. The molecular weight excluding hydrogens is 281 g/mol. The van der Waals surface area contributed by atoms with Gasteiger partial charge in [-0.05, 0) is 24.5 Å². The van der Waals surface area contributed by atoms with Crippen LogP contribution >= 0.6 is 23.2 Å². The Morgan fingerprint density at radius 3 is 2.74 bits per heavy atom. The first-order valence-electron chi connectivity index (χ1n) is 6.21. The van der Waals surface area contributed by atoms with E-state index in [9.17, 15) is 0 Å². The average molecular weight is 298 g/mol. The molecule has 2 aromatic rings. The number of hydrogen-bond donors (Lipinski definition) is 1. The molecule has 0 saturated carbocycles. The van der Waals surface area contributed by atoms with E-state index in [1.165, 1.54) is 0 Å². The largest absolute Gasteiger partial charge is 0.323 e. The van der Waals surface area contributed by atoms with E-state index in [4.69, 9.17) is 23.2 Å². The van der Waals surface area contributed by atoms with E-state index in [0.29, 0.717) is 21.7 Å². The Morgan fingerprint density at radius 2 is 2.05 bits per heavy atom. The van der Waals surface area contributed by atoms with Crippen LogP contribution in [0.2, 0.25) is 10.0 Å². The molecule has 0 radical (unpaired) electrons. The van der Waals surface area contributed by atoms with Gasteiger partial charge in [-0.1, -0.05) is 43.1 Å². The molecule has 1 aromatic heterocycles. The third-order valence-corrected chi connectivity index (χ3v) is 3.60. The number of nitrogens with zero attached hydrogens (tertiary/aromatic N) is 2. The Morgan fingerprint density at radius 1 is 1.32 bits per heavy atom. The second-order valence-corrected chi connectivity index (χ2v) is 5.76. The number of nitrogens with one attached hydrogen (secondary N) is 1. The van der Waals surface area contributed by atoms with E-state index in [2.05, 4.69) is 28.7 Å². The fraction of sp³-hybridized carbons (Fsp3) is 0.357. The number of rotatable bonds is 4. The Kier molecular flexibility index (Phi) is 4.38. The third-order valence-electron chi connectivity index (χ3n) is 2.80. The molecular formula is C14H17Cl2N3. The molecule has 0 aliphatic carbocycles. The van der Waals surface area contributed by atoms with Crippen LogP contribution in [0.4, 0.5) is 11.6 Å². The highest BCUT2D eigenvalue weighted by Crippen LogP contribution is 2.34. The number of halogens is 2. The summed E-state index contributed by atoms with van der Waals surface area (Å²) in [7, 11) is 0. The van der Waals surface area contributed by atoms with Crippen LogP contribution in [0.3, 0.4) is 0 Å². The summed E-state index contributed by atoms with van der Waals surface area (Å²) < 4.78 is 2.06. The first-order valence-corrected chi connectivity index (χ1v) is 6.97. The van der Waals surface area contributed by atoms with Crippen molar-refractivity contribution in [3.05, 3.63) is 40.1 Å². The minimum Gasteiger partial charge on any atom is -0.323 e. The van der Waals surface area contributed by atoms with Gasteiger partial charge < -0.3 is 9.88 Å². The van der Waals surface area contributed by atoms with Gasteiger partial charge in [-0.3, -0.25) is 0 Å². The van der Waals surface area contributed by atoms with Gasteiger partial charge in [0.15, 0.2) is 0 Å². The van der Waals surface area contributed by atoms with Gasteiger partial charge in [0.1, 0.15) is 0 Å². The molecule has 102 valence electrons. The summed E-state index contributed by atoms with van der Waals surface area (Å²) in [5.41, 5.74) is 1.69. The van der Waals surface area contributed by atoms with Gasteiger partial charge in [-0.2, -0.15) is 0 Å². The van der Waals surface area contributed by atoms with Gasteiger partial charge in [0.25, 0.3) is 0 Å². The third kappa shape index (κ3) is 3.23. The smallest absolute Gasteiger partial charge is 0.207 e. The maximum atomic E-state index is 6.29.